The smallest absolute Gasteiger partial charge is 0.151 e. The molecule has 17 heavy (non-hydrogen) atoms. The Labute approximate surface area is 102 Å². The third-order valence-electron chi connectivity index (χ3n) is 2.55. The first-order valence-corrected chi connectivity index (χ1v) is 7.26. The van der Waals surface area contributed by atoms with E-state index >= 15 is 0 Å². The summed E-state index contributed by atoms with van der Waals surface area (Å²) in [5, 5.41) is 12.0. The molecule has 1 aromatic rings. The Morgan fingerprint density at radius 3 is 2.71 bits per heavy atom. The molecule has 0 aliphatic rings. The quantitative estimate of drug-likeness (QED) is 0.866. The van der Waals surface area contributed by atoms with Crippen molar-refractivity contribution in [3.05, 3.63) is 29.3 Å². The van der Waals surface area contributed by atoms with E-state index < -0.39 is 9.84 Å². The van der Waals surface area contributed by atoms with E-state index in [0.717, 1.165) is 11.3 Å². The number of para-hydroxylation sites is 1. The number of hydrogen-bond donors (Lipinski definition) is 1. The molecule has 0 saturated heterocycles. The molecule has 0 radical (unpaired) electrons. The lowest BCUT2D eigenvalue weighted by Crippen LogP contribution is -2.18. The Morgan fingerprint density at radius 1 is 1.41 bits per heavy atom. The van der Waals surface area contributed by atoms with Crippen molar-refractivity contribution in [3.8, 4) is 6.07 Å². The fraction of sp³-hybridized carbons (Fsp3) is 0.417. The monoisotopic (exact) mass is 252 g/mol. The summed E-state index contributed by atoms with van der Waals surface area (Å²) in [5.74, 6) is 0.232. The molecule has 0 amide bonds. The van der Waals surface area contributed by atoms with Gasteiger partial charge in [-0.25, -0.2) is 8.42 Å². The number of anilines is 1. The Balaban J connectivity index is 2.74. The van der Waals surface area contributed by atoms with Gasteiger partial charge in [-0.2, -0.15) is 5.26 Å². The third-order valence-corrected chi connectivity index (χ3v) is 4.25. The molecule has 0 aliphatic carbocycles. The van der Waals surface area contributed by atoms with Crippen LogP contribution in [0.1, 0.15) is 18.1 Å². The van der Waals surface area contributed by atoms with Crippen molar-refractivity contribution >= 4 is 15.5 Å². The van der Waals surface area contributed by atoms with Crippen molar-refractivity contribution in [2.75, 3.05) is 23.4 Å². The predicted molar refractivity (Wildman–Crippen MR) is 68.7 cm³/mol. The highest BCUT2D eigenvalue weighted by Gasteiger charge is 2.08. The highest BCUT2D eigenvalue weighted by molar-refractivity contribution is 7.91. The largest absolute Gasteiger partial charge is 0.383 e. The van der Waals surface area contributed by atoms with Gasteiger partial charge in [0.2, 0.25) is 0 Å². The van der Waals surface area contributed by atoms with Gasteiger partial charge in [0.05, 0.1) is 17.0 Å². The lowest BCUT2D eigenvalue weighted by molar-refractivity contribution is 0.597. The molecule has 4 nitrogen and oxygen atoms in total. The van der Waals surface area contributed by atoms with Crippen LogP contribution in [0.3, 0.4) is 0 Å². The van der Waals surface area contributed by atoms with E-state index in [9.17, 15) is 8.42 Å². The summed E-state index contributed by atoms with van der Waals surface area (Å²) in [7, 11) is -2.97. The van der Waals surface area contributed by atoms with Gasteiger partial charge < -0.3 is 5.32 Å². The molecule has 1 N–H and O–H groups in total. The average Bonchev–Trinajstić information content (AvgIpc) is 2.31. The zero-order valence-electron chi connectivity index (χ0n) is 10.0. The normalized spacial score (nSPS) is 10.9. The molecule has 0 fully saturated rings. The van der Waals surface area contributed by atoms with Crippen LogP contribution in [0.15, 0.2) is 18.2 Å². The summed E-state index contributed by atoms with van der Waals surface area (Å²) in [6.07, 6.45) is 0. The molecule has 1 rings (SSSR count). The number of aryl methyl sites for hydroxylation is 1. The van der Waals surface area contributed by atoms with Crippen molar-refractivity contribution in [2.24, 2.45) is 0 Å². The Morgan fingerprint density at radius 2 is 2.12 bits per heavy atom. The summed E-state index contributed by atoms with van der Waals surface area (Å²) >= 11 is 0. The average molecular weight is 252 g/mol. The highest BCUT2D eigenvalue weighted by atomic mass is 32.2. The molecule has 0 spiro atoms. The maximum atomic E-state index is 11.3. The van der Waals surface area contributed by atoms with E-state index in [-0.39, 0.29) is 11.5 Å². The molecule has 0 bridgehead atoms. The lowest BCUT2D eigenvalue weighted by atomic mass is 10.1. The molecular weight excluding hydrogens is 236 g/mol. The second kappa shape index (κ2) is 5.69. The Bertz CT molecular complexity index is 530. The van der Waals surface area contributed by atoms with Gasteiger partial charge in [-0.3, -0.25) is 0 Å². The number of benzene rings is 1. The molecule has 0 atom stereocenters. The van der Waals surface area contributed by atoms with E-state index in [2.05, 4.69) is 11.4 Å². The minimum absolute atomic E-state index is 0.0860. The van der Waals surface area contributed by atoms with Crippen LogP contribution in [0.2, 0.25) is 0 Å². The van der Waals surface area contributed by atoms with E-state index in [0.29, 0.717) is 12.1 Å². The SMILES string of the molecule is CCS(=O)(=O)CCNc1c(C)cccc1C#N. The number of hydrogen-bond acceptors (Lipinski definition) is 4. The maximum Gasteiger partial charge on any atom is 0.151 e. The summed E-state index contributed by atoms with van der Waals surface area (Å²) in [6.45, 7) is 3.84. The molecule has 0 heterocycles. The van der Waals surface area contributed by atoms with Gasteiger partial charge in [0.15, 0.2) is 9.84 Å². The fourth-order valence-corrected chi connectivity index (χ4v) is 2.17. The van der Waals surface area contributed by atoms with Gasteiger partial charge in [-0.1, -0.05) is 19.1 Å². The number of rotatable bonds is 5. The molecule has 0 unspecified atom stereocenters. The van der Waals surface area contributed by atoms with E-state index in [1.165, 1.54) is 0 Å². The third kappa shape index (κ3) is 3.75. The molecule has 92 valence electrons. The zero-order chi connectivity index (χ0) is 12.9. The number of sulfone groups is 1. The van der Waals surface area contributed by atoms with Gasteiger partial charge in [0.25, 0.3) is 0 Å². The van der Waals surface area contributed by atoms with Crippen LogP contribution in [0.4, 0.5) is 5.69 Å². The Kier molecular flexibility index (Phi) is 4.53. The summed E-state index contributed by atoms with van der Waals surface area (Å²) in [6, 6.07) is 7.49. The van der Waals surface area contributed by atoms with Crippen LogP contribution in [0.25, 0.3) is 0 Å². The van der Waals surface area contributed by atoms with Crippen LogP contribution in [0, 0.1) is 18.3 Å². The first-order valence-electron chi connectivity index (χ1n) is 5.44. The van der Waals surface area contributed by atoms with Crippen molar-refractivity contribution in [1.29, 1.82) is 5.26 Å². The van der Waals surface area contributed by atoms with Gasteiger partial charge >= 0.3 is 0 Å². The second-order valence-corrected chi connectivity index (χ2v) is 6.25. The van der Waals surface area contributed by atoms with E-state index in [1.807, 2.05) is 19.1 Å². The Hall–Kier alpha value is -1.54. The van der Waals surface area contributed by atoms with Crippen LogP contribution in [-0.4, -0.2) is 26.5 Å². The number of nitrogens with zero attached hydrogens (tertiary/aromatic N) is 1. The number of nitrogens with one attached hydrogen (secondary N) is 1. The van der Waals surface area contributed by atoms with Crippen molar-refractivity contribution < 1.29 is 8.42 Å². The predicted octanol–water partition coefficient (Wildman–Crippen LogP) is 1.71. The fourth-order valence-electron chi connectivity index (χ4n) is 1.47. The van der Waals surface area contributed by atoms with Gasteiger partial charge in [0.1, 0.15) is 6.07 Å². The standard InChI is InChI=1S/C12H16N2O2S/c1-3-17(15,16)8-7-14-12-10(2)5-4-6-11(12)9-13/h4-6,14H,3,7-8H2,1-2H3. The minimum atomic E-state index is -2.97. The van der Waals surface area contributed by atoms with Crippen LogP contribution < -0.4 is 5.32 Å². The van der Waals surface area contributed by atoms with Gasteiger partial charge in [-0.05, 0) is 18.6 Å². The molecule has 0 aromatic heterocycles. The van der Waals surface area contributed by atoms with Gasteiger partial charge in [0, 0.05) is 12.3 Å². The summed E-state index contributed by atoms with van der Waals surface area (Å²) in [5.41, 5.74) is 2.21. The minimum Gasteiger partial charge on any atom is -0.383 e. The highest BCUT2D eigenvalue weighted by Crippen LogP contribution is 2.19. The molecule has 0 saturated carbocycles. The molecular formula is C12H16N2O2S. The first kappa shape index (κ1) is 13.5. The van der Waals surface area contributed by atoms with E-state index in [4.69, 9.17) is 5.26 Å². The topological polar surface area (TPSA) is 70.0 Å². The second-order valence-electron chi connectivity index (χ2n) is 3.77. The van der Waals surface area contributed by atoms with Crippen LogP contribution in [-0.2, 0) is 9.84 Å². The molecule has 1 aromatic carbocycles. The van der Waals surface area contributed by atoms with Crippen LogP contribution in [0.5, 0.6) is 0 Å². The molecule has 0 aliphatic heterocycles. The molecule has 5 heteroatoms. The van der Waals surface area contributed by atoms with E-state index in [1.54, 1.807) is 13.0 Å². The van der Waals surface area contributed by atoms with Crippen LogP contribution >= 0.6 is 0 Å². The summed E-state index contributed by atoms with van der Waals surface area (Å²) < 4.78 is 22.6. The van der Waals surface area contributed by atoms with Gasteiger partial charge in [-0.15, -0.1) is 0 Å². The summed E-state index contributed by atoms with van der Waals surface area (Å²) in [4.78, 5) is 0. The first-order chi connectivity index (χ1) is 8.00. The maximum absolute atomic E-state index is 11.3. The number of nitriles is 1. The van der Waals surface area contributed by atoms with Crippen molar-refractivity contribution in [2.45, 2.75) is 13.8 Å². The zero-order valence-corrected chi connectivity index (χ0v) is 10.8. The van der Waals surface area contributed by atoms with Crippen molar-refractivity contribution in [1.82, 2.24) is 0 Å². The lowest BCUT2D eigenvalue weighted by Gasteiger charge is -2.10. The van der Waals surface area contributed by atoms with Crippen molar-refractivity contribution in [3.63, 3.8) is 0 Å².